The quantitative estimate of drug-likeness (QED) is 0.0265. The van der Waals surface area contributed by atoms with Crippen molar-refractivity contribution in [3.8, 4) is 51.7 Å². The number of rotatable bonds is 36. The highest BCUT2D eigenvalue weighted by Crippen LogP contribution is 2.46. The highest BCUT2D eigenvalue weighted by atomic mass is 16.6. The van der Waals surface area contributed by atoms with E-state index in [0.29, 0.717) is 59.5 Å². The second-order valence-corrected chi connectivity index (χ2v) is 26.7. The molecule has 18 heteroatoms. The van der Waals surface area contributed by atoms with Crippen molar-refractivity contribution in [1.29, 1.82) is 0 Å². The second-order valence-electron chi connectivity index (χ2n) is 26.7. The summed E-state index contributed by atoms with van der Waals surface area (Å²) in [4.78, 5) is 0. The van der Waals surface area contributed by atoms with Gasteiger partial charge in [-0.15, -0.1) is 0 Å². The number of ether oxygens (including phenoxy) is 18. The average Bonchev–Trinajstić information content (AvgIpc) is 1.76. The van der Waals surface area contributed by atoms with E-state index in [4.69, 9.17) is 85.3 Å². The lowest BCUT2D eigenvalue weighted by Gasteiger charge is -2.25. The van der Waals surface area contributed by atoms with Crippen LogP contribution in [-0.4, -0.2) is 174 Å². The first-order valence-corrected chi connectivity index (χ1v) is 35.5. The molecule has 0 aromatic heterocycles. The van der Waals surface area contributed by atoms with Crippen LogP contribution < -0.4 is 42.6 Å². The van der Waals surface area contributed by atoms with E-state index in [1.165, 1.54) is 16.7 Å². The number of hydrogen-bond acceptors (Lipinski definition) is 18. The first kappa shape index (κ1) is 67.3. The van der Waals surface area contributed by atoms with Gasteiger partial charge in [-0.25, -0.2) is 0 Å². The third-order valence-corrected chi connectivity index (χ3v) is 18.5. The van der Waals surface area contributed by atoms with Crippen LogP contribution in [0.4, 0.5) is 0 Å². The zero-order chi connectivity index (χ0) is 68.2. The van der Waals surface area contributed by atoms with Crippen LogP contribution in [0.1, 0.15) is 67.8 Å². The van der Waals surface area contributed by atoms with Crippen molar-refractivity contribution >= 4 is 0 Å². The molecule has 9 unspecified atom stereocenters. The van der Waals surface area contributed by atoms with Crippen molar-refractivity contribution < 1.29 is 85.3 Å². The molecular weight excluding hydrogens is 1300 g/mol. The van der Waals surface area contributed by atoms with Crippen molar-refractivity contribution in [2.24, 2.45) is 0 Å². The van der Waals surface area contributed by atoms with E-state index in [0.717, 1.165) is 145 Å². The van der Waals surface area contributed by atoms with Gasteiger partial charge in [-0.3, -0.25) is 0 Å². The van der Waals surface area contributed by atoms with Crippen LogP contribution in [0.15, 0.2) is 218 Å². The van der Waals surface area contributed by atoms with Crippen molar-refractivity contribution in [1.82, 2.24) is 0 Å². The lowest BCUT2D eigenvalue weighted by atomic mass is 9.83. The summed E-state index contributed by atoms with van der Waals surface area (Å²) < 4.78 is 102. The maximum atomic E-state index is 6.23. The minimum Gasteiger partial charge on any atom is -0.491 e. The van der Waals surface area contributed by atoms with E-state index in [9.17, 15) is 0 Å². The molecule has 9 aromatic carbocycles. The number of para-hydroxylation sites is 5. The molecule has 9 fully saturated rings. The van der Waals surface area contributed by atoms with Crippen LogP contribution in [0.25, 0.3) is 0 Å². The van der Waals surface area contributed by atoms with Gasteiger partial charge >= 0.3 is 0 Å². The highest BCUT2D eigenvalue weighted by molar-refractivity contribution is 5.58. The molecule has 0 aliphatic carbocycles. The molecule has 0 bridgehead atoms. The Morgan fingerprint density at radius 2 is 0.363 bits per heavy atom. The smallest absolute Gasteiger partial charge is 0.123 e. The molecular formula is C84H84O18. The van der Waals surface area contributed by atoms with Crippen LogP contribution in [-0.2, 0) is 42.6 Å². The van der Waals surface area contributed by atoms with E-state index in [1.54, 1.807) is 0 Å². The zero-order valence-corrected chi connectivity index (χ0v) is 56.8. The third-order valence-electron chi connectivity index (χ3n) is 18.5. The van der Waals surface area contributed by atoms with Gasteiger partial charge in [0.25, 0.3) is 0 Å². The van der Waals surface area contributed by atoms with E-state index in [2.05, 4.69) is 91.0 Å². The summed E-state index contributed by atoms with van der Waals surface area (Å²) in [5.41, 5.74) is 10.0. The van der Waals surface area contributed by atoms with Gasteiger partial charge < -0.3 is 85.3 Å². The van der Waals surface area contributed by atoms with Crippen molar-refractivity contribution in [3.63, 3.8) is 0 Å². The van der Waals surface area contributed by atoms with Crippen LogP contribution in [0.3, 0.4) is 0 Å². The van der Waals surface area contributed by atoms with Crippen LogP contribution in [0.2, 0.25) is 0 Å². The summed E-state index contributed by atoms with van der Waals surface area (Å²) in [6.45, 7) is 12.1. The Morgan fingerprint density at radius 1 is 0.196 bits per heavy atom. The first-order valence-electron chi connectivity index (χ1n) is 35.5. The molecule has 9 saturated heterocycles. The molecule has 9 aliphatic rings. The monoisotopic (exact) mass is 1380 g/mol. The summed E-state index contributed by atoms with van der Waals surface area (Å²) in [6.07, 6.45) is 1.86. The molecule has 528 valence electrons. The molecule has 9 heterocycles. The summed E-state index contributed by atoms with van der Waals surface area (Å²) >= 11 is 0. The van der Waals surface area contributed by atoms with E-state index in [1.807, 2.05) is 127 Å². The first-order chi connectivity index (χ1) is 50.5. The molecule has 9 atom stereocenters. The standard InChI is InChI=1S/3C28H28O6/c1-7-22(29-13-25-16-32-25)8-2-19(1)28(20-3-9-23(10-4-20)30-14-26-17-33-26)21-5-11-24(12-6-21)31-15-27-18-34-27;1-4-10-25(32-16-19-13-29-19)22(7-1)28(23-8-2-5-11-26(23)33-17-20-14-30-20)24-9-3-6-12-27(24)34-18-21-15-31-21;1-3-7-26(33-17-22-15-31-22)24(5-1)28(19-9-11-20(12-10-19)29-13-21-14-30-21)25-6-2-4-8-27(25)34-18-23-16-32-23/h1-12,25-28H,13-18H2;1-12,19-21,28H,13-18H2;1-12,21-23,28H,13-18H2. The van der Waals surface area contributed by atoms with Gasteiger partial charge in [0.05, 0.1) is 59.5 Å². The van der Waals surface area contributed by atoms with Gasteiger partial charge in [-0.05, 0) is 101 Å². The van der Waals surface area contributed by atoms with Crippen LogP contribution in [0.5, 0.6) is 51.7 Å². The Hall–Kier alpha value is -9.18. The van der Waals surface area contributed by atoms with Crippen LogP contribution in [0, 0.1) is 0 Å². The number of hydrogen-bond donors (Lipinski definition) is 0. The zero-order valence-electron chi connectivity index (χ0n) is 56.8. The predicted molar refractivity (Wildman–Crippen MR) is 378 cm³/mol. The molecule has 18 nitrogen and oxygen atoms in total. The van der Waals surface area contributed by atoms with Gasteiger partial charge in [0.1, 0.15) is 166 Å². The van der Waals surface area contributed by atoms with Gasteiger partial charge in [-0.1, -0.05) is 140 Å². The minimum absolute atomic E-state index is 0.0717. The van der Waals surface area contributed by atoms with Crippen LogP contribution >= 0.6 is 0 Å². The fraction of sp³-hybridized carbons (Fsp3) is 0.357. The fourth-order valence-corrected chi connectivity index (χ4v) is 12.0. The van der Waals surface area contributed by atoms with Crippen molar-refractivity contribution in [2.75, 3.05) is 119 Å². The second kappa shape index (κ2) is 32.4. The molecule has 0 radical (unpaired) electrons. The summed E-state index contributed by atoms with van der Waals surface area (Å²) in [7, 11) is 0. The molecule has 0 amide bonds. The molecule has 0 saturated carbocycles. The minimum atomic E-state index is -0.149. The Morgan fingerprint density at radius 3 is 0.559 bits per heavy atom. The largest absolute Gasteiger partial charge is 0.491 e. The molecule has 9 aromatic rings. The Balaban J connectivity index is 0.000000118. The SMILES string of the molecule is c1cc(C(c2ccc(OCC3CO3)cc2)c2ccc(OCC3CO3)cc2)ccc1OCC1CO1.c1ccc(C(c2ccc(OCC3CO3)cc2)c2ccccc2OCC2CO2)c(OCC2CO2)c1.c1ccc(C(c2ccccc2OCC2CO2)c2ccccc2OCC2CO2)c(OCC2CO2)c1. The molecule has 0 spiro atoms. The Labute approximate surface area is 594 Å². The normalized spacial score (nSPS) is 23.1. The topological polar surface area (TPSA) is 196 Å². The van der Waals surface area contributed by atoms with Gasteiger partial charge in [-0.2, -0.15) is 0 Å². The summed E-state index contributed by atoms with van der Waals surface area (Å²) in [5.74, 6) is 7.48. The maximum absolute atomic E-state index is 6.23. The molecule has 9 aliphatic heterocycles. The average molecular weight is 1380 g/mol. The van der Waals surface area contributed by atoms with Gasteiger partial charge in [0, 0.05) is 45.6 Å². The van der Waals surface area contributed by atoms with Gasteiger partial charge in [0.15, 0.2) is 0 Å². The molecule has 102 heavy (non-hydrogen) atoms. The number of epoxide rings is 9. The summed E-state index contributed by atoms with van der Waals surface area (Å²) in [6, 6.07) is 74.3. The lowest BCUT2D eigenvalue weighted by molar-refractivity contribution is 0.255. The fourth-order valence-electron chi connectivity index (χ4n) is 12.0. The number of benzene rings is 9. The maximum Gasteiger partial charge on any atom is 0.123 e. The molecule has 0 N–H and O–H groups in total. The highest BCUT2D eigenvalue weighted by Gasteiger charge is 2.34. The van der Waals surface area contributed by atoms with Gasteiger partial charge in [0.2, 0.25) is 0 Å². The third kappa shape index (κ3) is 19.5. The summed E-state index contributed by atoms with van der Waals surface area (Å²) in [5, 5.41) is 0. The van der Waals surface area contributed by atoms with E-state index in [-0.39, 0.29) is 72.7 Å². The lowest BCUT2D eigenvalue weighted by Crippen LogP contribution is -2.14. The van der Waals surface area contributed by atoms with E-state index < -0.39 is 0 Å². The van der Waals surface area contributed by atoms with E-state index >= 15 is 0 Å². The predicted octanol–water partition coefficient (Wildman–Crippen LogP) is 12.6. The van der Waals surface area contributed by atoms with Crippen molar-refractivity contribution in [3.05, 3.63) is 268 Å². The van der Waals surface area contributed by atoms with Crippen molar-refractivity contribution in [2.45, 2.75) is 72.7 Å². The Bertz CT molecular complexity index is 3790. The molecule has 18 rings (SSSR count). The Kier molecular flexibility index (Phi) is 21.4.